The number of fused-ring (bicyclic) bond motifs is 3. The molecule has 160 valence electrons. The van der Waals surface area contributed by atoms with Gasteiger partial charge in [-0.1, -0.05) is 59.7 Å². The maximum Gasteiger partial charge on any atom is 0.253 e. The Hall–Kier alpha value is -2.04. The maximum atomic E-state index is 13.1. The Morgan fingerprint density at radius 2 is 1.94 bits per heavy atom. The summed E-state index contributed by atoms with van der Waals surface area (Å²) in [5.74, 6) is -0.353. The summed E-state index contributed by atoms with van der Waals surface area (Å²) in [4.78, 5) is 17.8. The second-order valence-electron chi connectivity index (χ2n) is 7.33. The van der Waals surface area contributed by atoms with E-state index in [0.29, 0.717) is 22.4 Å². The first-order chi connectivity index (χ1) is 14.9. The molecular weight excluding hydrogens is 474 g/mol. The average Bonchev–Trinajstić information content (AvgIpc) is 3.40. The van der Waals surface area contributed by atoms with Crippen LogP contribution in [-0.2, 0) is 14.8 Å². The molecule has 6 nitrogen and oxygen atoms in total. The molecule has 1 N–H and O–H groups in total. The van der Waals surface area contributed by atoms with Gasteiger partial charge < -0.3 is 5.32 Å². The number of piperidine rings is 1. The van der Waals surface area contributed by atoms with Crippen molar-refractivity contribution < 1.29 is 13.2 Å². The highest BCUT2D eigenvalue weighted by Crippen LogP contribution is 2.34. The number of hydrogen-bond acceptors (Lipinski definition) is 6. The number of carbonyl (C=O) groups excluding carboxylic acids is 1. The summed E-state index contributed by atoms with van der Waals surface area (Å²) in [5.41, 5.74) is 0.833. The van der Waals surface area contributed by atoms with Crippen molar-refractivity contribution in [1.82, 2.24) is 9.29 Å². The van der Waals surface area contributed by atoms with Crippen LogP contribution < -0.4 is 5.32 Å². The van der Waals surface area contributed by atoms with Gasteiger partial charge in [0, 0.05) is 11.9 Å². The number of carbonyl (C=O) groups is 1. The fourth-order valence-corrected chi connectivity index (χ4v) is 8.06. The van der Waals surface area contributed by atoms with E-state index in [1.807, 2.05) is 36.4 Å². The number of amides is 1. The summed E-state index contributed by atoms with van der Waals surface area (Å²) in [7, 11) is -3.79. The van der Waals surface area contributed by atoms with Crippen molar-refractivity contribution in [2.24, 2.45) is 0 Å². The van der Waals surface area contributed by atoms with Crippen molar-refractivity contribution in [2.45, 2.75) is 29.5 Å². The van der Waals surface area contributed by atoms with Crippen molar-refractivity contribution in [3.63, 3.8) is 0 Å². The first kappa shape index (κ1) is 20.8. The zero-order chi connectivity index (χ0) is 21.6. The molecule has 1 fully saturated rings. The fourth-order valence-electron chi connectivity index (χ4n) is 3.91. The molecule has 31 heavy (non-hydrogen) atoms. The van der Waals surface area contributed by atoms with Crippen molar-refractivity contribution in [1.29, 1.82) is 0 Å². The van der Waals surface area contributed by atoms with E-state index in [1.165, 1.54) is 21.7 Å². The van der Waals surface area contributed by atoms with Gasteiger partial charge in [0.05, 0.1) is 14.6 Å². The van der Waals surface area contributed by atoms with Gasteiger partial charge in [0.1, 0.15) is 10.3 Å². The Bertz CT molecular complexity index is 1400. The molecular formula is C21H18ClN3O3S3. The molecule has 0 spiro atoms. The van der Waals surface area contributed by atoms with Crippen LogP contribution in [0, 0.1) is 0 Å². The van der Waals surface area contributed by atoms with Crippen molar-refractivity contribution in [2.75, 3.05) is 11.9 Å². The Morgan fingerprint density at radius 3 is 2.74 bits per heavy atom. The molecule has 10 heteroatoms. The van der Waals surface area contributed by atoms with Gasteiger partial charge in [-0.3, -0.25) is 4.79 Å². The van der Waals surface area contributed by atoms with Crippen LogP contribution >= 0.6 is 34.3 Å². The smallest absolute Gasteiger partial charge is 0.253 e. The Balaban J connectivity index is 1.44. The van der Waals surface area contributed by atoms with Gasteiger partial charge in [-0.15, -0.1) is 11.3 Å². The molecule has 0 bridgehead atoms. The predicted molar refractivity (Wildman–Crippen MR) is 127 cm³/mol. The standard InChI is InChI=1S/C21H18ClN3O3S3/c22-17-10-11-18(30-17)31(27,28)25-12-4-3-7-15(25)20(26)24-21-23-19-14-6-2-1-5-13(14)8-9-16(19)29-21/h1-2,5-6,8-11,15H,3-4,7,12H2,(H,23,24,26). The molecule has 1 aliphatic rings. The van der Waals surface area contributed by atoms with Crippen LogP contribution in [0.25, 0.3) is 21.0 Å². The quantitative estimate of drug-likeness (QED) is 0.417. The Labute approximate surface area is 192 Å². The second-order valence-corrected chi connectivity index (χ2v) is 12.2. The lowest BCUT2D eigenvalue weighted by molar-refractivity contribution is -0.120. The molecule has 0 aliphatic carbocycles. The van der Waals surface area contributed by atoms with E-state index in [2.05, 4.69) is 10.3 Å². The van der Waals surface area contributed by atoms with Crippen LogP contribution in [-0.4, -0.2) is 36.2 Å². The summed E-state index contributed by atoms with van der Waals surface area (Å²) >= 11 is 8.33. The number of thiazole rings is 1. The van der Waals surface area contributed by atoms with Crippen LogP contribution in [0.2, 0.25) is 4.34 Å². The third-order valence-corrected chi connectivity index (χ3v) is 9.92. The molecule has 1 saturated heterocycles. The zero-order valence-electron chi connectivity index (χ0n) is 16.2. The van der Waals surface area contributed by atoms with Gasteiger partial charge in [-0.25, -0.2) is 13.4 Å². The largest absolute Gasteiger partial charge is 0.301 e. The topological polar surface area (TPSA) is 79.4 Å². The molecule has 2 aromatic heterocycles. The highest BCUT2D eigenvalue weighted by Gasteiger charge is 2.38. The van der Waals surface area contributed by atoms with Crippen LogP contribution in [0.4, 0.5) is 5.13 Å². The molecule has 1 unspecified atom stereocenters. The molecule has 5 rings (SSSR count). The highest BCUT2D eigenvalue weighted by atomic mass is 35.5. The molecule has 1 aliphatic heterocycles. The number of benzene rings is 2. The van der Waals surface area contributed by atoms with E-state index >= 15 is 0 Å². The highest BCUT2D eigenvalue weighted by molar-refractivity contribution is 7.91. The molecule has 0 saturated carbocycles. The molecule has 1 atom stereocenters. The first-order valence-corrected chi connectivity index (χ1v) is 13.2. The predicted octanol–water partition coefficient (Wildman–Crippen LogP) is 5.35. The van der Waals surface area contributed by atoms with E-state index < -0.39 is 16.1 Å². The molecule has 2 aromatic carbocycles. The molecule has 3 heterocycles. The normalized spacial score (nSPS) is 17.9. The third-order valence-electron chi connectivity index (χ3n) is 5.38. The molecule has 1 amide bonds. The first-order valence-electron chi connectivity index (χ1n) is 9.80. The second kappa shape index (κ2) is 8.14. The van der Waals surface area contributed by atoms with E-state index in [9.17, 15) is 13.2 Å². The maximum absolute atomic E-state index is 13.1. The average molecular weight is 492 g/mol. The number of sulfonamides is 1. The van der Waals surface area contributed by atoms with Gasteiger partial charge in [-0.05, 0) is 36.4 Å². The lowest BCUT2D eigenvalue weighted by Gasteiger charge is -2.32. The number of thiophene rings is 1. The van der Waals surface area contributed by atoms with E-state index in [1.54, 1.807) is 6.07 Å². The fraction of sp³-hybridized carbons (Fsp3) is 0.238. The van der Waals surface area contributed by atoms with Gasteiger partial charge in [0.15, 0.2) is 5.13 Å². The van der Waals surface area contributed by atoms with Crippen LogP contribution in [0.3, 0.4) is 0 Å². The van der Waals surface area contributed by atoms with Gasteiger partial charge >= 0.3 is 0 Å². The van der Waals surface area contributed by atoms with Crippen LogP contribution in [0.15, 0.2) is 52.7 Å². The lowest BCUT2D eigenvalue weighted by Crippen LogP contribution is -2.49. The minimum absolute atomic E-state index is 0.156. The Morgan fingerprint density at radius 1 is 1.10 bits per heavy atom. The number of aromatic nitrogens is 1. The molecule has 4 aromatic rings. The Kier molecular flexibility index (Phi) is 5.47. The zero-order valence-corrected chi connectivity index (χ0v) is 19.5. The number of hydrogen-bond donors (Lipinski definition) is 1. The van der Waals surface area contributed by atoms with E-state index in [0.717, 1.165) is 45.2 Å². The minimum atomic E-state index is -3.79. The third kappa shape index (κ3) is 3.85. The summed E-state index contributed by atoms with van der Waals surface area (Å²) in [6.45, 7) is 0.306. The van der Waals surface area contributed by atoms with E-state index in [-0.39, 0.29) is 10.1 Å². The number of anilines is 1. The lowest BCUT2D eigenvalue weighted by atomic mass is 10.0. The number of halogens is 1. The van der Waals surface area contributed by atoms with Crippen LogP contribution in [0.1, 0.15) is 19.3 Å². The van der Waals surface area contributed by atoms with E-state index in [4.69, 9.17) is 11.6 Å². The van der Waals surface area contributed by atoms with Gasteiger partial charge in [0.25, 0.3) is 10.0 Å². The number of nitrogens with one attached hydrogen (secondary N) is 1. The minimum Gasteiger partial charge on any atom is -0.301 e. The van der Waals surface area contributed by atoms with Crippen molar-refractivity contribution in [3.05, 3.63) is 52.9 Å². The van der Waals surface area contributed by atoms with Crippen molar-refractivity contribution >= 4 is 76.3 Å². The number of nitrogens with zero attached hydrogens (tertiary/aromatic N) is 2. The van der Waals surface area contributed by atoms with Gasteiger partial charge in [-0.2, -0.15) is 4.31 Å². The molecule has 0 radical (unpaired) electrons. The van der Waals surface area contributed by atoms with Crippen molar-refractivity contribution in [3.8, 4) is 0 Å². The monoisotopic (exact) mass is 491 g/mol. The SMILES string of the molecule is O=C(Nc1nc2c(ccc3ccccc32)s1)C1CCCCN1S(=O)(=O)c1ccc(Cl)s1. The summed E-state index contributed by atoms with van der Waals surface area (Å²) < 4.78 is 29.1. The summed E-state index contributed by atoms with van der Waals surface area (Å²) in [6.07, 6.45) is 1.98. The number of rotatable bonds is 4. The summed E-state index contributed by atoms with van der Waals surface area (Å²) in [5, 5.41) is 5.44. The van der Waals surface area contributed by atoms with Gasteiger partial charge in [0.2, 0.25) is 5.91 Å². The van der Waals surface area contributed by atoms with Crippen LogP contribution in [0.5, 0.6) is 0 Å². The summed E-state index contributed by atoms with van der Waals surface area (Å²) in [6, 6.07) is 14.3.